The zero-order chi connectivity index (χ0) is 24.1. The molecule has 6 nitrogen and oxygen atoms in total. The van der Waals surface area contributed by atoms with Gasteiger partial charge in [0, 0.05) is 32.2 Å². The summed E-state index contributed by atoms with van der Waals surface area (Å²) in [6.07, 6.45) is -2.96. The molecule has 2 aromatic rings. The molecule has 0 aliphatic carbocycles. The van der Waals surface area contributed by atoms with Crippen LogP contribution in [0.1, 0.15) is 24.5 Å². The molecular formula is C23H28F3N3O3S. The number of halogens is 3. The Kier molecular flexibility index (Phi) is 8.14. The molecule has 1 heterocycles. The molecule has 1 amide bonds. The van der Waals surface area contributed by atoms with Crippen molar-refractivity contribution in [2.75, 3.05) is 32.7 Å². The number of hydrogen-bond donors (Lipinski definition) is 1. The lowest BCUT2D eigenvalue weighted by Gasteiger charge is -2.33. The molecule has 10 heteroatoms. The van der Waals surface area contributed by atoms with Gasteiger partial charge in [-0.25, -0.2) is 8.42 Å². The molecule has 0 bridgehead atoms. The Morgan fingerprint density at radius 2 is 1.70 bits per heavy atom. The van der Waals surface area contributed by atoms with Gasteiger partial charge in [-0.2, -0.15) is 17.5 Å². The van der Waals surface area contributed by atoms with Crippen LogP contribution >= 0.6 is 0 Å². The first-order valence-corrected chi connectivity index (χ1v) is 12.2. The maximum Gasteiger partial charge on any atom is 0.416 e. The summed E-state index contributed by atoms with van der Waals surface area (Å²) in [6, 6.07) is 13.8. The third-order valence-electron chi connectivity index (χ3n) is 5.61. The molecule has 33 heavy (non-hydrogen) atoms. The minimum absolute atomic E-state index is 0.000261. The third-order valence-corrected chi connectivity index (χ3v) is 7.51. The summed E-state index contributed by atoms with van der Waals surface area (Å²) in [4.78, 5) is 13.8. The Hall–Kier alpha value is -2.43. The van der Waals surface area contributed by atoms with Crippen LogP contribution in [0.5, 0.6) is 0 Å². The summed E-state index contributed by atoms with van der Waals surface area (Å²) in [5.41, 5.74) is 0.206. The number of piperazine rings is 1. The van der Waals surface area contributed by atoms with Crippen molar-refractivity contribution >= 4 is 15.9 Å². The van der Waals surface area contributed by atoms with Crippen LogP contribution < -0.4 is 5.32 Å². The summed E-state index contributed by atoms with van der Waals surface area (Å²) in [7, 11) is -4.04. The van der Waals surface area contributed by atoms with Gasteiger partial charge in [0.1, 0.15) is 0 Å². The van der Waals surface area contributed by atoms with Crippen molar-refractivity contribution in [3.05, 3.63) is 65.7 Å². The molecule has 0 saturated carbocycles. The van der Waals surface area contributed by atoms with E-state index in [0.717, 1.165) is 25.0 Å². The van der Waals surface area contributed by atoms with E-state index >= 15 is 0 Å². The zero-order valence-electron chi connectivity index (χ0n) is 18.4. The summed E-state index contributed by atoms with van der Waals surface area (Å²) in [5.74, 6) is -0.134. The first-order valence-electron chi connectivity index (χ1n) is 10.8. The number of amides is 1. The van der Waals surface area contributed by atoms with Gasteiger partial charge in [0.25, 0.3) is 0 Å². The molecule has 0 unspecified atom stereocenters. The number of carbonyl (C=O) groups is 1. The molecule has 1 aliphatic heterocycles. The van der Waals surface area contributed by atoms with Crippen molar-refractivity contribution in [3.8, 4) is 0 Å². The van der Waals surface area contributed by atoms with E-state index in [1.807, 2.05) is 42.2 Å². The van der Waals surface area contributed by atoms with Crippen molar-refractivity contribution < 1.29 is 26.4 Å². The van der Waals surface area contributed by atoms with Gasteiger partial charge in [-0.15, -0.1) is 0 Å². The number of rotatable bonds is 8. The van der Waals surface area contributed by atoms with Crippen LogP contribution in [-0.4, -0.2) is 62.3 Å². The van der Waals surface area contributed by atoms with E-state index in [-0.39, 0.29) is 36.5 Å². The highest BCUT2D eigenvalue weighted by atomic mass is 32.2. The summed E-state index contributed by atoms with van der Waals surface area (Å²) >= 11 is 0. The second-order valence-electron chi connectivity index (χ2n) is 8.20. The van der Waals surface area contributed by atoms with Gasteiger partial charge < -0.3 is 5.32 Å². The SMILES string of the molecule is C[C@@H](CCc1ccccc1)NC(=O)CN1CCN(S(=O)(=O)c2cccc(C(F)(F)F)c2)CC1. The van der Waals surface area contributed by atoms with Crippen LogP contribution in [0.15, 0.2) is 59.5 Å². The highest BCUT2D eigenvalue weighted by Gasteiger charge is 2.34. The van der Waals surface area contributed by atoms with E-state index in [1.165, 1.54) is 15.9 Å². The topological polar surface area (TPSA) is 69.7 Å². The van der Waals surface area contributed by atoms with E-state index in [2.05, 4.69) is 5.32 Å². The summed E-state index contributed by atoms with van der Waals surface area (Å²) < 4.78 is 65.6. The lowest BCUT2D eigenvalue weighted by Crippen LogP contribution is -2.51. The van der Waals surface area contributed by atoms with Gasteiger partial charge in [-0.3, -0.25) is 9.69 Å². The van der Waals surface area contributed by atoms with Crippen LogP contribution in [0.3, 0.4) is 0 Å². The third kappa shape index (κ3) is 7.02. The summed E-state index contributed by atoms with van der Waals surface area (Å²) in [6.45, 7) is 2.95. The van der Waals surface area contributed by atoms with Gasteiger partial charge in [-0.05, 0) is 43.5 Å². The quantitative estimate of drug-likeness (QED) is 0.627. The van der Waals surface area contributed by atoms with Gasteiger partial charge in [-0.1, -0.05) is 36.4 Å². The fourth-order valence-corrected chi connectivity index (χ4v) is 5.20. The molecule has 1 fully saturated rings. The molecule has 0 spiro atoms. The van der Waals surface area contributed by atoms with Crippen molar-refractivity contribution in [1.82, 2.24) is 14.5 Å². The average molecular weight is 484 g/mol. The van der Waals surface area contributed by atoms with Crippen LogP contribution in [0.2, 0.25) is 0 Å². The second-order valence-corrected chi connectivity index (χ2v) is 10.1. The van der Waals surface area contributed by atoms with Crippen molar-refractivity contribution in [3.63, 3.8) is 0 Å². The number of hydrogen-bond acceptors (Lipinski definition) is 4. The smallest absolute Gasteiger partial charge is 0.353 e. The lowest BCUT2D eigenvalue weighted by atomic mass is 10.1. The van der Waals surface area contributed by atoms with Crippen LogP contribution in [0.4, 0.5) is 13.2 Å². The Labute approximate surface area is 192 Å². The van der Waals surface area contributed by atoms with Crippen LogP contribution in [-0.2, 0) is 27.4 Å². The molecule has 1 saturated heterocycles. The molecule has 3 rings (SSSR count). The predicted octanol–water partition coefficient (Wildman–Crippen LogP) is 3.15. The number of sulfonamides is 1. The van der Waals surface area contributed by atoms with Gasteiger partial charge >= 0.3 is 6.18 Å². The number of nitrogens with zero attached hydrogens (tertiary/aromatic N) is 2. The fourth-order valence-electron chi connectivity index (χ4n) is 3.73. The molecule has 2 aromatic carbocycles. The van der Waals surface area contributed by atoms with Crippen molar-refractivity contribution in [1.29, 1.82) is 0 Å². The van der Waals surface area contributed by atoms with Gasteiger partial charge in [0.15, 0.2) is 0 Å². The highest BCUT2D eigenvalue weighted by Crippen LogP contribution is 2.31. The van der Waals surface area contributed by atoms with E-state index in [0.29, 0.717) is 19.2 Å². The number of benzene rings is 2. The maximum absolute atomic E-state index is 12.9. The number of carbonyl (C=O) groups excluding carboxylic acids is 1. The Morgan fingerprint density at radius 3 is 2.33 bits per heavy atom. The largest absolute Gasteiger partial charge is 0.416 e. The number of nitrogens with one attached hydrogen (secondary N) is 1. The maximum atomic E-state index is 12.9. The van der Waals surface area contributed by atoms with Gasteiger partial charge in [0.2, 0.25) is 15.9 Å². The van der Waals surface area contributed by atoms with Crippen molar-refractivity contribution in [2.24, 2.45) is 0 Å². The normalized spacial score (nSPS) is 17.0. The predicted molar refractivity (Wildman–Crippen MR) is 119 cm³/mol. The number of aryl methyl sites for hydroxylation is 1. The average Bonchev–Trinajstić information content (AvgIpc) is 2.78. The van der Waals surface area contributed by atoms with Crippen molar-refractivity contribution in [2.45, 2.75) is 36.9 Å². The lowest BCUT2D eigenvalue weighted by molar-refractivity contribution is -0.137. The Bertz CT molecular complexity index is 1040. The Morgan fingerprint density at radius 1 is 1.03 bits per heavy atom. The van der Waals surface area contributed by atoms with Crippen LogP contribution in [0.25, 0.3) is 0 Å². The van der Waals surface area contributed by atoms with E-state index in [4.69, 9.17) is 0 Å². The summed E-state index contributed by atoms with van der Waals surface area (Å²) in [5, 5.41) is 2.97. The molecular weight excluding hydrogens is 455 g/mol. The molecule has 1 N–H and O–H groups in total. The molecule has 1 atom stereocenters. The molecule has 1 aliphatic rings. The van der Waals surface area contributed by atoms with Crippen LogP contribution in [0, 0.1) is 0 Å². The molecule has 0 aromatic heterocycles. The van der Waals surface area contributed by atoms with Gasteiger partial charge in [0.05, 0.1) is 17.0 Å². The van der Waals surface area contributed by atoms with E-state index in [9.17, 15) is 26.4 Å². The standard InChI is InChI=1S/C23H28F3N3O3S/c1-18(10-11-19-6-3-2-4-7-19)27-22(30)17-28-12-14-29(15-13-28)33(31,32)21-9-5-8-20(16-21)23(24,25)26/h2-9,16,18H,10-15,17H2,1H3,(H,27,30)/t18-/m0/s1. The van der Waals surface area contributed by atoms with E-state index in [1.54, 1.807) is 0 Å². The molecule has 180 valence electrons. The zero-order valence-corrected chi connectivity index (χ0v) is 19.2. The van der Waals surface area contributed by atoms with E-state index < -0.39 is 21.8 Å². The second kappa shape index (κ2) is 10.7. The highest BCUT2D eigenvalue weighted by molar-refractivity contribution is 7.89. The minimum Gasteiger partial charge on any atom is -0.353 e. The Balaban J connectivity index is 1.47. The first-order chi connectivity index (χ1) is 15.6. The monoisotopic (exact) mass is 483 g/mol. The minimum atomic E-state index is -4.62. The first kappa shape index (κ1) is 25.2. The number of alkyl halides is 3. The molecule has 0 radical (unpaired) electrons. The fraction of sp³-hybridized carbons (Fsp3) is 0.435.